The van der Waals surface area contributed by atoms with Gasteiger partial charge in [-0.2, -0.15) is 0 Å². The Labute approximate surface area is 96.5 Å². The van der Waals surface area contributed by atoms with Crippen LogP contribution in [0.3, 0.4) is 0 Å². The topological polar surface area (TPSA) is 35.5 Å². The van der Waals surface area contributed by atoms with Crippen molar-refractivity contribution in [3.05, 3.63) is 0 Å². The van der Waals surface area contributed by atoms with E-state index in [9.17, 15) is 4.79 Å². The first-order chi connectivity index (χ1) is 7.72. The summed E-state index contributed by atoms with van der Waals surface area (Å²) in [4.78, 5) is 12.2. The largest absolute Gasteiger partial charge is 0.359 e. The highest BCUT2D eigenvalue weighted by molar-refractivity contribution is 5.89. The standard InChI is InChI=1S/C13H20O3/c1-15-9-16-10-7-12-4-2-5-13(12,8-10)11(14)3-6-12/h10H,2-9H2,1H3/t10-,12-,13-/m0/s1. The van der Waals surface area contributed by atoms with Crippen molar-refractivity contribution < 1.29 is 14.3 Å². The summed E-state index contributed by atoms with van der Waals surface area (Å²) in [5, 5.41) is 0. The summed E-state index contributed by atoms with van der Waals surface area (Å²) in [6.45, 7) is 0.366. The fraction of sp³-hybridized carbons (Fsp3) is 0.923. The summed E-state index contributed by atoms with van der Waals surface area (Å²) >= 11 is 0. The number of ketones is 1. The zero-order valence-corrected chi connectivity index (χ0v) is 9.96. The van der Waals surface area contributed by atoms with Crippen LogP contribution in [0.4, 0.5) is 0 Å². The van der Waals surface area contributed by atoms with Gasteiger partial charge in [0.15, 0.2) is 0 Å². The Morgan fingerprint density at radius 3 is 2.94 bits per heavy atom. The second-order valence-corrected chi connectivity index (χ2v) is 5.74. The van der Waals surface area contributed by atoms with Crippen molar-refractivity contribution >= 4 is 5.78 Å². The van der Waals surface area contributed by atoms with Gasteiger partial charge in [-0.1, -0.05) is 6.42 Å². The molecule has 3 nitrogen and oxygen atoms in total. The second-order valence-electron chi connectivity index (χ2n) is 5.74. The molecule has 0 aromatic rings. The molecule has 16 heavy (non-hydrogen) atoms. The Kier molecular flexibility index (Phi) is 2.37. The van der Waals surface area contributed by atoms with Gasteiger partial charge in [0.1, 0.15) is 12.6 Å². The monoisotopic (exact) mass is 224 g/mol. The van der Waals surface area contributed by atoms with Gasteiger partial charge in [-0.25, -0.2) is 0 Å². The quantitative estimate of drug-likeness (QED) is 0.690. The number of rotatable bonds is 3. The molecule has 3 rings (SSSR count). The highest BCUT2D eigenvalue weighted by Crippen LogP contribution is 2.69. The molecule has 3 aliphatic carbocycles. The van der Waals surface area contributed by atoms with Gasteiger partial charge in [0.05, 0.1) is 6.10 Å². The number of ether oxygens (including phenoxy) is 2. The van der Waals surface area contributed by atoms with Crippen molar-refractivity contribution in [3.63, 3.8) is 0 Å². The molecule has 3 saturated carbocycles. The van der Waals surface area contributed by atoms with Crippen molar-refractivity contribution in [2.75, 3.05) is 13.9 Å². The SMILES string of the molecule is COCO[C@H]1C[C@@]23CCC[C@]2(C1)C(=O)CC3. The van der Waals surface area contributed by atoms with Crippen molar-refractivity contribution in [2.45, 2.75) is 51.0 Å². The van der Waals surface area contributed by atoms with Crippen LogP contribution in [0.2, 0.25) is 0 Å². The number of methoxy groups -OCH3 is 1. The lowest BCUT2D eigenvalue weighted by Gasteiger charge is -2.31. The number of Topliss-reactive ketones (excluding diaryl/α,β-unsaturated/α-hetero) is 1. The molecule has 0 aliphatic heterocycles. The Morgan fingerprint density at radius 2 is 2.19 bits per heavy atom. The third-order valence-electron chi connectivity index (χ3n) is 5.25. The van der Waals surface area contributed by atoms with Crippen LogP contribution < -0.4 is 0 Å². The first-order valence-corrected chi connectivity index (χ1v) is 6.36. The summed E-state index contributed by atoms with van der Waals surface area (Å²) in [6.07, 6.45) is 7.81. The predicted molar refractivity (Wildman–Crippen MR) is 58.9 cm³/mol. The molecule has 0 bridgehead atoms. The molecule has 0 saturated heterocycles. The van der Waals surface area contributed by atoms with Crippen LogP contribution in [0, 0.1) is 10.8 Å². The van der Waals surface area contributed by atoms with Gasteiger partial charge in [-0.05, 0) is 37.5 Å². The van der Waals surface area contributed by atoms with Crippen LogP contribution in [-0.2, 0) is 14.3 Å². The van der Waals surface area contributed by atoms with Gasteiger partial charge in [-0.3, -0.25) is 4.79 Å². The van der Waals surface area contributed by atoms with Gasteiger partial charge in [0, 0.05) is 18.9 Å². The lowest BCUT2D eigenvalue weighted by Crippen LogP contribution is -2.31. The van der Waals surface area contributed by atoms with Crippen LogP contribution in [0.25, 0.3) is 0 Å². The van der Waals surface area contributed by atoms with E-state index in [1.165, 1.54) is 12.8 Å². The Hall–Kier alpha value is -0.410. The molecule has 3 aliphatic rings. The van der Waals surface area contributed by atoms with Crippen molar-refractivity contribution in [3.8, 4) is 0 Å². The molecule has 3 fully saturated rings. The van der Waals surface area contributed by atoms with E-state index >= 15 is 0 Å². The highest BCUT2D eigenvalue weighted by atomic mass is 16.7. The van der Waals surface area contributed by atoms with E-state index in [2.05, 4.69) is 0 Å². The molecular formula is C13H20O3. The van der Waals surface area contributed by atoms with E-state index in [1.54, 1.807) is 7.11 Å². The van der Waals surface area contributed by atoms with E-state index in [-0.39, 0.29) is 11.5 Å². The lowest BCUT2D eigenvalue weighted by molar-refractivity contribution is -0.128. The van der Waals surface area contributed by atoms with E-state index in [0.29, 0.717) is 18.0 Å². The van der Waals surface area contributed by atoms with Gasteiger partial charge in [-0.15, -0.1) is 0 Å². The van der Waals surface area contributed by atoms with E-state index < -0.39 is 0 Å². The van der Waals surface area contributed by atoms with Crippen LogP contribution in [-0.4, -0.2) is 25.8 Å². The molecule has 90 valence electrons. The summed E-state index contributed by atoms with van der Waals surface area (Å²) in [7, 11) is 1.65. The Morgan fingerprint density at radius 1 is 1.31 bits per heavy atom. The first kappa shape index (κ1) is 10.7. The minimum Gasteiger partial charge on any atom is -0.359 e. The molecular weight excluding hydrogens is 204 g/mol. The summed E-state index contributed by atoms with van der Waals surface area (Å²) < 4.78 is 10.7. The predicted octanol–water partition coefficient (Wildman–Crippen LogP) is 2.29. The fourth-order valence-electron chi connectivity index (χ4n) is 4.64. The third kappa shape index (κ3) is 1.19. The van der Waals surface area contributed by atoms with Crippen LogP contribution >= 0.6 is 0 Å². The average molecular weight is 224 g/mol. The molecule has 3 heteroatoms. The molecule has 0 aromatic heterocycles. The van der Waals surface area contributed by atoms with Gasteiger partial charge in [0.2, 0.25) is 0 Å². The zero-order valence-electron chi connectivity index (χ0n) is 9.96. The number of carbonyl (C=O) groups is 1. The second kappa shape index (κ2) is 3.54. The highest BCUT2D eigenvalue weighted by Gasteiger charge is 2.67. The molecule has 0 aromatic carbocycles. The average Bonchev–Trinajstić information content (AvgIpc) is 2.81. The number of hydrogen-bond donors (Lipinski definition) is 0. The van der Waals surface area contributed by atoms with Crippen molar-refractivity contribution in [1.82, 2.24) is 0 Å². The lowest BCUT2D eigenvalue weighted by atomic mass is 9.70. The minimum absolute atomic E-state index is 0.00537. The third-order valence-corrected chi connectivity index (χ3v) is 5.25. The van der Waals surface area contributed by atoms with Gasteiger partial charge < -0.3 is 9.47 Å². The van der Waals surface area contributed by atoms with Crippen LogP contribution in [0.15, 0.2) is 0 Å². The van der Waals surface area contributed by atoms with E-state index in [4.69, 9.17) is 9.47 Å². The molecule has 0 N–H and O–H groups in total. The minimum atomic E-state index is 0.00537. The van der Waals surface area contributed by atoms with Crippen molar-refractivity contribution in [1.29, 1.82) is 0 Å². The normalized spacial score (nSPS) is 46.1. The number of hydrogen-bond acceptors (Lipinski definition) is 3. The van der Waals surface area contributed by atoms with Crippen LogP contribution in [0.1, 0.15) is 44.9 Å². The van der Waals surface area contributed by atoms with Gasteiger partial charge in [0.25, 0.3) is 0 Å². The Bertz CT molecular complexity index is 314. The molecule has 0 unspecified atom stereocenters. The van der Waals surface area contributed by atoms with E-state index in [0.717, 1.165) is 32.1 Å². The number of carbonyl (C=O) groups excluding carboxylic acids is 1. The summed E-state index contributed by atoms with van der Waals surface area (Å²) in [5.41, 5.74) is 0.313. The van der Waals surface area contributed by atoms with E-state index in [1.807, 2.05) is 0 Å². The summed E-state index contributed by atoms with van der Waals surface area (Å²) in [6, 6.07) is 0. The van der Waals surface area contributed by atoms with Crippen LogP contribution in [0.5, 0.6) is 0 Å². The Balaban J connectivity index is 1.81. The summed E-state index contributed by atoms with van der Waals surface area (Å²) in [5.74, 6) is 0.522. The van der Waals surface area contributed by atoms with Crippen molar-refractivity contribution in [2.24, 2.45) is 10.8 Å². The zero-order chi connectivity index (χ0) is 11.2. The van der Waals surface area contributed by atoms with Gasteiger partial charge >= 0.3 is 0 Å². The molecule has 0 radical (unpaired) electrons. The molecule has 3 atom stereocenters. The maximum absolute atomic E-state index is 12.2. The first-order valence-electron chi connectivity index (χ1n) is 6.36. The molecule has 0 heterocycles. The smallest absolute Gasteiger partial charge is 0.146 e. The molecule has 0 spiro atoms. The maximum atomic E-state index is 12.2. The fourth-order valence-corrected chi connectivity index (χ4v) is 4.64. The maximum Gasteiger partial charge on any atom is 0.146 e. The molecule has 0 amide bonds.